The second kappa shape index (κ2) is 8.26. The van der Waals surface area contributed by atoms with Crippen molar-refractivity contribution >= 4 is 23.1 Å². The van der Waals surface area contributed by atoms with E-state index in [1.807, 2.05) is 25.3 Å². The number of anilines is 1. The minimum atomic E-state index is -0.128. The molecule has 0 saturated carbocycles. The number of hydrogen-bond donors (Lipinski definition) is 1. The molecule has 1 N–H and O–H groups in total. The normalized spacial score (nSPS) is 15.1. The van der Waals surface area contributed by atoms with Gasteiger partial charge in [-0.2, -0.15) is 10.2 Å². The van der Waals surface area contributed by atoms with Gasteiger partial charge in [-0.15, -0.1) is 11.3 Å². The molecular formula is C19H24N6O2S. The van der Waals surface area contributed by atoms with E-state index in [1.54, 1.807) is 27.7 Å². The molecule has 1 saturated heterocycles. The Morgan fingerprint density at radius 3 is 2.86 bits per heavy atom. The second-order valence-electron chi connectivity index (χ2n) is 6.95. The number of nitrogens with one attached hydrogen (secondary N) is 1. The zero-order valence-electron chi connectivity index (χ0n) is 16.1. The number of thiophene rings is 1. The van der Waals surface area contributed by atoms with Crippen LogP contribution in [0.4, 0.5) is 5.82 Å². The first kappa shape index (κ1) is 18.9. The molecule has 3 aromatic heterocycles. The Morgan fingerprint density at radius 1 is 1.29 bits per heavy atom. The van der Waals surface area contributed by atoms with E-state index in [2.05, 4.69) is 31.9 Å². The largest absolute Gasteiger partial charge is 0.379 e. The lowest BCUT2D eigenvalue weighted by molar-refractivity contribution is -0.116. The van der Waals surface area contributed by atoms with E-state index in [9.17, 15) is 4.79 Å². The molecular weight excluding hydrogens is 376 g/mol. The van der Waals surface area contributed by atoms with Crippen molar-refractivity contribution < 1.29 is 9.53 Å². The average molecular weight is 401 g/mol. The standard InChI is InChI=1S/C19H24N6O2S/c1-14-9-18(23(2)21-14)20-19(26)12-25-4-3-16(22-25)17-10-15(13-28-17)11-24-5-7-27-8-6-24/h3-4,9-10,13H,5-8,11-12H2,1-2H3,(H,20,26). The first-order valence-electron chi connectivity index (χ1n) is 9.28. The summed E-state index contributed by atoms with van der Waals surface area (Å²) in [7, 11) is 1.81. The zero-order chi connectivity index (χ0) is 19.5. The van der Waals surface area contributed by atoms with Gasteiger partial charge in [0.15, 0.2) is 0 Å². The summed E-state index contributed by atoms with van der Waals surface area (Å²) in [6.45, 7) is 6.56. The summed E-state index contributed by atoms with van der Waals surface area (Å²) in [5, 5.41) is 13.8. The van der Waals surface area contributed by atoms with Crippen LogP contribution in [0.3, 0.4) is 0 Å². The van der Waals surface area contributed by atoms with Crippen molar-refractivity contribution in [3.8, 4) is 10.6 Å². The molecule has 0 spiro atoms. The van der Waals surface area contributed by atoms with Crippen molar-refractivity contribution in [2.24, 2.45) is 7.05 Å². The summed E-state index contributed by atoms with van der Waals surface area (Å²) < 4.78 is 8.72. The van der Waals surface area contributed by atoms with Gasteiger partial charge in [0.2, 0.25) is 5.91 Å². The number of amides is 1. The fourth-order valence-electron chi connectivity index (χ4n) is 3.25. The zero-order valence-corrected chi connectivity index (χ0v) is 16.9. The van der Waals surface area contributed by atoms with Crippen LogP contribution < -0.4 is 5.32 Å². The molecule has 0 atom stereocenters. The van der Waals surface area contributed by atoms with Gasteiger partial charge in [0.25, 0.3) is 0 Å². The molecule has 1 amide bonds. The van der Waals surface area contributed by atoms with Crippen LogP contribution in [0.5, 0.6) is 0 Å². The molecule has 1 aliphatic rings. The summed E-state index contributed by atoms with van der Waals surface area (Å²) in [5.41, 5.74) is 3.05. The van der Waals surface area contributed by atoms with Crippen molar-refractivity contribution in [3.05, 3.63) is 41.0 Å². The van der Waals surface area contributed by atoms with Gasteiger partial charge in [-0.25, -0.2) is 0 Å². The van der Waals surface area contributed by atoms with Crippen LogP contribution in [0, 0.1) is 6.92 Å². The number of carbonyl (C=O) groups is 1. The predicted molar refractivity (Wildman–Crippen MR) is 108 cm³/mol. The monoisotopic (exact) mass is 400 g/mol. The number of nitrogens with zero attached hydrogens (tertiary/aromatic N) is 5. The van der Waals surface area contributed by atoms with Gasteiger partial charge >= 0.3 is 0 Å². The van der Waals surface area contributed by atoms with Crippen LogP contribution in [0.1, 0.15) is 11.3 Å². The Labute approximate surface area is 167 Å². The number of aromatic nitrogens is 4. The van der Waals surface area contributed by atoms with Gasteiger partial charge in [-0.1, -0.05) is 0 Å². The highest BCUT2D eigenvalue weighted by atomic mass is 32.1. The highest BCUT2D eigenvalue weighted by Gasteiger charge is 2.14. The highest BCUT2D eigenvalue weighted by molar-refractivity contribution is 7.13. The van der Waals surface area contributed by atoms with Crippen molar-refractivity contribution in [1.29, 1.82) is 0 Å². The predicted octanol–water partition coefficient (Wildman–Crippen LogP) is 2.12. The molecule has 3 aromatic rings. The van der Waals surface area contributed by atoms with Crippen molar-refractivity contribution in [1.82, 2.24) is 24.5 Å². The van der Waals surface area contributed by atoms with Gasteiger partial charge < -0.3 is 10.1 Å². The van der Waals surface area contributed by atoms with Gasteiger partial charge in [0.1, 0.15) is 18.1 Å². The van der Waals surface area contributed by atoms with E-state index in [1.165, 1.54) is 5.56 Å². The average Bonchev–Trinajstić information content (AvgIpc) is 3.37. The minimum Gasteiger partial charge on any atom is -0.379 e. The number of morpholine rings is 1. The maximum atomic E-state index is 12.3. The number of hydrogen-bond acceptors (Lipinski definition) is 6. The molecule has 28 heavy (non-hydrogen) atoms. The lowest BCUT2D eigenvalue weighted by atomic mass is 10.2. The molecule has 0 aromatic carbocycles. The number of aryl methyl sites for hydroxylation is 2. The third kappa shape index (κ3) is 4.49. The summed E-state index contributed by atoms with van der Waals surface area (Å²) >= 11 is 1.68. The fourth-order valence-corrected chi connectivity index (χ4v) is 4.12. The Kier molecular flexibility index (Phi) is 5.56. The van der Waals surface area contributed by atoms with Crippen LogP contribution in [0.15, 0.2) is 29.8 Å². The van der Waals surface area contributed by atoms with Crippen LogP contribution in [-0.4, -0.2) is 56.7 Å². The first-order chi connectivity index (χ1) is 13.6. The summed E-state index contributed by atoms with van der Waals surface area (Å²) in [6, 6.07) is 5.98. The maximum Gasteiger partial charge on any atom is 0.247 e. The van der Waals surface area contributed by atoms with Crippen molar-refractivity contribution in [3.63, 3.8) is 0 Å². The molecule has 9 heteroatoms. The van der Waals surface area contributed by atoms with E-state index < -0.39 is 0 Å². The molecule has 1 aliphatic heterocycles. The van der Waals surface area contributed by atoms with Crippen LogP contribution in [0.2, 0.25) is 0 Å². The van der Waals surface area contributed by atoms with Gasteiger partial charge in [-0.3, -0.25) is 19.1 Å². The van der Waals surface area contributed by atoms with E-state index in [-0.39, 0.29) is 12.5 Å². The van der Waals surface area contributed by atoms with Crippen LogP contribution in [-0.2, 0) is 29.7 Å². The molecule has 0 unspecified atom stereocenters. The first-order valence-corrected chi connectivity index (χ1v) is 10.2. The Balaban J connectivity index is 1.36. The van der Waals surface area contributed by atoms with Gasteiger partial charge in [0.05, 0.1) is 23.8 Å². The molecule has 8 nitrogen and oxygen atoms in total. The molecule has 148 valence electrons. The number of rotatable bonds is 6. The molecule has 0 bridgehead atoms. The Bertz CT molecular complexity index is 953. The Morgan fingerprint density at radius 2 is 2.11 bits per heavy atom. The van der Waals surface area contributed by atoms with E-state index in [0.717, 1.165) is 49.1 Å². The van der Waals surface area contributed by atoms with Crippen molar-refractivity contribution in [2.45, 2.75) is 20.0 Å². The van der Waals surface area contributed by atoms with Crippen molar-refractivity contribution in [2.75, 3.05) is 31.6 Å². The fraction of sp³-hybridized carbons (Fsp3) is 0.421. The molecule has 0 radical (unpaired) electrons. The third-order valence-electron chi connectivity index (χ3n) is 4.63. The summed E-state index contributed by atoms with van der Waals surface area (Å²) in [6.07, 6.45) is 1.84. The number of ether oxygens (including phenoxy) is 1. The van der Waals surface area contributed by atoms with E-state index in [0.29, 0.717) is 5.82 Å². The summed E-state index contributed by atoms with van der Waals surface area (Å²) in [4.78, 5) is 15.8. The topological polar surface area (TPSA) is 77.2 Å². The third-order valence-corrected chi connectivity index (χ3v) is 5.63. The van der Waals surface area contributed by atoms with E-state index in [4.69, 9.17) is 4.74 Å². The molecule has 4 heterocycles. The smallest absolute Gasteiger partial charge is 0.247 e. The number of carbonyl (C=O) groups excluding carboxylic acids is 1. The summed E-state index contributed by atoms with van der Waals surface area (Å²) in [5.74, 6) is 0.553. The van der Waals surface area contributed by atoms with Gasteiger partial charge in [0, 0.05) is 38.9 Å². The maximum absolute atomic E-state index is 12.3. The molecule has 4 rings (SSSR count). The Hall–Kier alpha value is -2.49. The van der Waals surface area contributed by atoms with E-state index >= 15 is 0 Å². The van der Waals surface area contributed by atoms with Crippen LogP contribution in [0.25, 0.3) is 10.6 Å². The van der Waals surface area contributed by atoms with Gasteiger partial charge in [-0.05, 0) is 30.0 Å². The quantitative estimate of drug-likeness (QED) is 0.686. The lowest BCUT2D eigenvalue weighted by Crippen LogP contribution is -2.35. The molecule has 1 fully saturated rings. The minimum absolute atomic E-state index is 0.128. The second-order valence-corrected chi connectivity index (χ2v) is 7.86. The molecule has 0 aliphatic carbocycles. The highest BCUT2D eigenvalue weighted by Crippen LogP contribution is 2.26. The lowest BCUT2D eigenvalue weighted by Gasteiger charge is -2.26. The van der Waals surface area contributed by atoms with Crippen LogP contribution >= 0.6 is 11.3 Å². The SMILES string of the molecule is Cc1cc(NC(=O)Cn2ccc(-c3cc(CN4CCOCC4)cs3)n2)n(C)n1.